The van der Waals surface area contributed by atoms with Gasteiger partial charge in [0.05, 0.1) is 10.5 Å². The molecule has 0 fully saturated rings. The van der Waals surface area contributed by atoms with Crippen molar-refractivity contribution in [2.24, 2.45) is 0 Å². The van der Waals surface area contributed by atoms with Gasteiger partial charge in [0.15, 0.2) is 0 Å². The van der Waals surface area contributed by atoms with Gasteiger partial charge in [0.1, 0.15) is 0 Å². The van der Waals surface area contributed by atoms with E-state index in [1.54, 1.807) is 24.3 Å². The summed E-state index contributed by atoms with van der Waals surface area (Å²) in [5.41, 5.74) is 2.73. The second-order valence-corrected chi connectivity index (χ2v) is 9.82. The minimum atomic E-state index is -3.86. The van der Waals surface area contributed by atoms with Crippen molar-refractivity contribution >= 4 is 38.3 Å². The summed E-state index contributed by atoms with van der Waals surface area (Å²) in [7, 11) is -3.86. The number of anilines is 1. The van der Waals surface area contributed by atoms with Crippen LogP contribution in [-0.4, -0.2) is 13.4 Å². The number of aromatic nitrogens is 1. The molecule has 0 aliphatic carbocycles. The van der Waals surface area contributed by atoms with Crippen molar-refractivity contribution in [3.8, 4) is 11.5 Å². The molecule has 4 aromatic rings. The van der Waals surface area contributed by atoms with E-state index < -0.39 is 9.84 Å². The third-order valence-corrected chi connectivity index (χ3v) is 7.20. The fraction of sp³-hybridized carbons (Fsp3) is 0.0870. The second-order valence-electron chi connectivity index (χ2n) is 6.79. The van der Waals surface area contributed by atoms with Crippen LogP contribution in [0.5, 0.6) is 0 Å². The molecule has 7 heteroatoms. The van der Waals surface area contributed by atoms with E-state index in [-0.39, 0.29) is 21.7 Å². The van der Waals surface area contributed by atoms with Crippen LogP contribution in [0.4, 0.5) is 5.88 Å². The maximum absolute atomic E-state index is 13.3. The van der Waals surface area contributed by atoms with Crippen LogP contribution in [0, 0.1) is 10.5 Å². The lowest BCUT2D eigenvalue weighted by Gasteiger charge is -2.06. The van der Waals surface area contributed by atoms with E-state index >= 15 is 0 Å². The molecule has 5 nitrogen and oxygen atoms in total. The fourth-order valence-electron chi connectivity index (χ4n) is 2.96. The van der Waals surface area contributed by atoms with E-state index in [0.29, 0.717) is 6.54 Å². The summed E-state index contributed by atoms with van der Waals surface area (Å²) in [5.74, 6) is 0.398. The highest BCUT2D eigenvalue weighted by Gasteiger charge is 2.29. The van der Waals surface area contributed by atoms with E-state index in [1.165, 1.54) is 0 Å². The molecule has 0 atom stereocenters. The first kappa shape index (κ1) is 20.6. The summed E-state index contributed by atoms with van der Waals surface area (Å²) in [5, 5.41) is 3.00. The normalized spacial score (nSPS) is 11.4. The molecular formula is C23H19IN2O3S. The van der Waals surface area contributed by atoms with Gasteiger partial charge in [0.25, 0.3) is 0 Å². The van der Waals surface area contributed by atoms with Gasteiger partial charge in [-0.1, -0.05) is 60.2 Å². The number of halogens is 1. The predicted octanol–water partition coefficient (Wildman–Crippen LogP) is 5.70. The number of benzene rings is 3. The van der Waals surface area contributed by atoms with Gasteiger partial charge >= 0.3 is 0 Å². The summed E-state index contributed by atoms with van der Waals surface area (Å²) in [6, 6.07) is 24.0. The molecule has 30 heavy (non-hydrogen) atoms. The highest BCUT2D eigenvalue weighted by atomic mass is 127. The Kier molecular flexibility index (Phi) is 5.92. The van der Waals surface area contributed by atoms with Gasteiger partial charge in [-0.25, -0.2) is 8.42 Å². The monoisotopic (exact) mass is 530 g/mol. The van der Waals surface area contributed by atoms with Crippen molar-refractivity contribution in [2.75, 3.05) is 5.32 Å². The van der Waals surface area contributed by atoms with Crippen LogP contribution in [0.2, 0.25) is 0 Å². The Morgan fingerprint density at radius 3 is 2.30 bits per heavy atom. The molecule has 0 aliphatic rings. The van der Waals surface area contributed by atoms with Gasteiger partial charge in [-0.05, 0) is 59.3 Å². The number of sulfone groups is 1. The Labute approximate surface area is 189 Å². The summed E-state index contributed by atoms with van der Waals surface area (Å²) >= 11 is 2.18. The van der Waals surface area contributed by atoms with Gasteiger partial charge in [-0.3, -0.25) is 0 Å². The van der Waals surface area contributed by atoms with Crippen LogP contribution in [0.25, 0.3) is 11.5 Å². The zero-order chi connectivity index (χ0) is 21.1. The number of hydrogen-bond acceptors (Lipinski definition) is 5. The van der Waals surface area contributed by atoms with E-state index in [4.69, 9.17) is 4.42 Å². The molecule has 1 N–H and O–H groups in total. The predicted molar refractivity (Wildman–Crippen MR) is 125 cm³/mol. The molecule has 3 aromatic carbocycles. The van der Waals surface area contributed by atoms with Crippen LogP contribution in [-0.2, 0) is 16.4 Å². The maximum atomic E-state index is 13.3. The largest absolute Gasteiger partial charge is 0.419 e. The summed E-state index contributed by atoms with van der Waals surface area (Å²) < 4.78 is 33.5. The van der Waals surface area contributed by atoms with Crippen molar-refractivity contribution < 1.29 is 12.8 Å². The Hall–Kier alpha value is -2.65. The molecule has 1 aromatic heterocycles. The zero-order valence-electron chi connectivity index (χ0n) is 16.2. The molecule has 0 aliphatic heterocycles. The Morgan fingerprint density at radius 2 is 1.60 bits per heavy atom. The molecular weight excluding hydrogens is 511 g/mol. The number of oxazole rings is 1. The number of aryl methyl sites for hydroxylation is 1. The number of rotatable bonds is 6. The van der Waals surface area contributed by atoms with Gasteiger partial charge in [0.2, 0.25) is 26.6 Å². The molecule has 0 unspecified atom stereocenters. The highest BCUT2D eigenvalue weighted by Crippen LogP contribution is 2.34. The Balaban J connectivity index is 1.79. The van der Waals surface area contributed by atoms with Crippen LogP contribution in [0.15, 0.2) is 93.2 Å². The number of nitrogens with zero attached hydrogens (tertiary/aromatic N) is 1. The average molecular weight is 530 g/mol. The molecule has 4 rings (SSSR count). The number of nitrogens with one attached hydrogen (secondary N) is 1. The third kappa shape index (κ3) is 4.27. The minimum Gasteiger partial charge on any atom is -0.419 e. The SMILES string of the molecule is Cc1ccc(S(=O)(=O)c2nc(-c3ccccc3I)oc2NCc2ccccc2)cc1. The molecule has 0 amide bonds. The van der Waals surface area contributed by atoms with Crippen molar-refractivity contribution in [2.45, 2.75) is 23.4 Å². The van der Waals surface area contributed by atoms with Crippen LogP contribution < -0.4 is 5.32 Å². The highest BCUT2D eigenvalue weighted by molar-refractivity contribution is 14.1. The quantitative estimate of drug-likeness (QED) is 0.324. The maximum Gasteiger partial charge on any atom is 0.234 e. The van der Waals surface area contributed by atoms with E-state index in [2.05, 4.69) is 32.9 Å². The van der Waals surface area contributed by atoms with Crippen molar-refractivity contribution in [1.82, 2.24) is 4.98 Å². The zero-order valence-corrected chi connectivity index (χ0v) is 19.1. The summed E-state index contributed by atoms with van der Waals surface area (Å²) in [6.07, 6.45) is 0. The smallest absolute Gasteiger partial charge is 0.234 e. The van der Waals surface area contributed by atoms with Crippen molar-refractivity contribution in [3.05, 3.63) is 93.6 Å². The van der Waals surface area contributed by atoms with Crippen LogP contribution in [0.1, 0.15) is 11.1 Å². The van der Waals surface area contributed by atoms with Gasteiger partial charge < -0.3 is 9.73 Å². The molecule has 1 heterocycles. The lowest BCUT2D eigenvalue weighted by molar-refractivity contribution is 0.576. The molecule has 152 valence electrons. The fourth-order valence-corrected chi connectivity index (χ4v) is 4.85. The van der Waals surface area contributed by atoms with Crippen LogP contribution >= 0.6 is 22.6 Å². The molecule has 0 spiro atoms. The second kappa shape index (κ2) is 8.61. The van der Waals surface area contributed by atoms with Gasteiger partial charge in [0, 0.05) is 10.1 Å². The minimum absolute atomic E-state index is 0.114. The summed E-state index contributed by atoms with van der Waals surface area (Å²) in [6.45, 7) is 2.33. The van der Waals surface area contributed by atoms with E-state index in [9.17, 15) is 8.42 Å². The van der Waals surface area contributed by atoms with E-state index in [1.807, 2.05) is 61.5 Å². The topological polar surface area (TPSA) is 72.2 Å². The Morgan fingerprint density at radius 1 is 0.933 bits per heavy atom. The Bertz CT molecular complexity index is 1270. The molecule has 0 saturated heterocycles. The van der Waals surface area contributed by atoms with Gasteiger partial charge in [-0.15, -0.1) is 0 Å². The first-order chi connectivity index (χ1) is 14.4. The third-order valence-electron chi connectivity index (χ3n) is 4.58. The summed E-state index contributed by atoms with van der Waals surface area (Å²) in [4.78, 5) is 4.58. The molecule has 0 saturated carbocycles. The van der Waals surface area contributed by atoms with Gasteiger partial charge in [-0.2, -0.15) is 4.98 Å². The number of hydrogen-bond donors (Lipinski definition) is 1. The average Bonchev–Trinajstić information content (AvgIpc) is 3.18. The standard InChI is InChI=1S/C23H19IN2O3S/c1-16-11-13-18(14-12-16)30(27,28)23-22(25-15-17-7-3-2-4-8-17)29-21(26-23)19-9-5-6-10-20(19)24/h2-14,25H,15H2,1H3. The van der Waals surface area contributed by atoms with E-state index in [0.717, 1.165) is 20.3 Å². The van der Waals surface area contributed by atoms with Crippen molar-refractivity contribution in [1.29, 1.82) is 0 Å². The van der Waals surface area contributed by atoms with Crippen molar-refractivity contribution in [3.63, 3.8) is 0 Å². The molecule has 0 radical (unpaired) electrons. The lowest BCUT2D eigenvalue weighted by atomic mass is 10.2. The van der Waals surface area contributed by atoms with Crippen LogP contribution in [0.3, 0.4) is 0 Å². The lowest BCUT2D eigenvalue weighted by Crippen LogP contribution is -2.07. The molecule has 0 bridgehead atoms. The first-order valence-corrected chi connectivity index (χ1v) is 11.9. The first-order valence-electron chi connectivity index (χ1n) is 9.30.